The van der Waals surface area contributed by atoms with Gasteiger partial charge in [-0.05, 0) is 50.6 Å². The lowest BCUT2D eigenvalue weighted by Gasteiger charge is -2.26. The number of hydrogen-bond donors (Lipinski definition) is 1. The highest BCUT2D eigenvalue weighted by Crippen LogP contribution is 2.26. The van der Waals surface area contributed by atoms with Gasteiger partial charge < -0.3 is 9.88 Å². The van der Waals surface area contributed by atoms with Crippen molar-refractivity contribution in [1.82, 2.24) is 19.7 Å². The Hall–Kier alpha value is -2.78. The summed E-state index contributed by atoms with van der Waals surface area (Å²) in [4.78, 5) is 15.1. The average molecular weight is 472 g/mol. The van der Waals surface area contributed by atoms with E-state index in [0.29, 0.717) is 18.2 Å². The van der Waals surface area contributed by atoms with E-state index in [-0.39, 0.29) is 0 Å². The van der Waals surface area contributed by atoms with Gasteiger partial charge in [-0.3, -0.25) is 9.69 Å². The molecule has 1 fully saturated rings. The van der Waals surface area contributed by atoms with Crippen molar-refractivity contribution < 1.29 is 13.6 Å². The third-order valence-corrected chi connectivity index (χ3v) is 6.73. The number of thioether (sulfide) groups is 1. The number of amides is 1. The Bertz CT molecular complexity index is 1070. The summed E-state index contributed by atoms with van der Waals surface area (Å²) in [5.41, 5.74) is 0.663. The van der Waals surface area contributed by atoms with Crippen LogP contribution in [0.2, 0.25) is 0 Å². The summed E-state index contributed by atoms with van der Waals surface area (Å²) in [7, 11) is 0. The van der Waals surface area contributed by atoms with Crippen LogP contribution in [0.25, 0.3) is 0 Å². The van der Waals surface area contributed by atoms with Crippen molar-refractivity contribution in [3.63, 3.8) is 0 Å². The SMILES string of the molecule is CC(Sc1nnc(CN2CCCCC2)n1Cc1ccccc1)C(=O)Nc1c(F)cccc1F. The van der Waals surface area contributed by atoms with Crippen molar-refractivity contribution in [3.05, 3.63) is 71.6 Å². The molecule has 2 aromatic carbocycles. The van der Waals surface area contributed by atoms with Crippen molar-refractivity contribution in [2.45, 2.75) is 49.7 Å². The van der Waals surface area contributed by atoms with Crippen molar-refractivity contribution >= 4 is 23.4 Å². The number of nitrogens with one attached hydrogen (secondary N) is 1. The quantitative estimate of drug-likeness (QED) is 0.482. The number of piperidine rings is 1. The van der Waals surface area contributed by atoms with Crippen molar-refractivity contribution in [2.75, 3.05) is 18.4 Å². The molecule has 9 heteroatoms. The highest BCUT2D eigenvalue weighted by atomic mass is 32.2. The summed E-state index contributed by atoms with van der Waals surface area (Å²) in [6.07, 6.45) is 3.61. The maximum Gasteiger partial charge on any atom is 0.237 e. The van der Waals surface area contributed by atoms with Gasteiger partial charge in [-0.15, -0.1) is 10.2 Å². The van der Waals surface area contributed by atoms with E-state index in [1.165, 1.54) is 37.1 Å². The first-order valence-electron chi connectivity index (χ1n) is 11.1. The Labute approximate surface area is 196 Å². The maximum absolute atomic E-state index is 13.9. The van der Waals surface area contributed by atoms with Crippen LogP contribution in [0.5, 0.6) is 0 Å². The number of carbonyl (C=O) groups is 1. The van der Waals surface area contributed by atoms with Gasteiger partial charge in [0.05, 0.1) is 18.3 Å². The van der Waals surface area contributed by atoms with Gasteiger partial charge in [-0.2, -0.15) is 0 Å². The molecule has 1 N–H and O–H groups in total. The van der Waals surface area contributed by atoms with E-state index in [0.717, 1.165) is 36.6 Å². The van der Waals surface area contributed by atoms with E-state index in [1.807, 2.05) is 34.9 Å². The number of halogens is 2. The van der Waals surface area contributed by atoms with Crippen LogP contribution < -0.4 is 5.32 Å². The second kappa shape index (κ2) is 10.9. The lowest BCUT2D eigenvalue weighted by Crippen LogP contribution is -2.30. The Morgan fingerprint density at radius 2 is 1.70 bits per heavy atom. The van der Waals surface area contributed by atoms with Crippen molar-refractivity contribution in [2.24, 2.45) is 0 Å². The average Bonchev–Trinajstić information content (AvgIpc) is 3.18. The molecule has 0 bridgehead atoms. The molecule has 2 heterocycles. The number of para-hydroxylation sites is 1. The molecule has 0 saturated carbocycles. The fraction of sp³-hybridized carbons (Fsp3) is 0.375. The number of nitrogens with zero attached hydrogens (tertiary/aromatic N) is 4. The second-order valence-corrected chi connectivity index (χ2v) is 9.46. The Morgan fingerprint density at radius 1 is 1.00 bits per heavy atom. The molecule has 1 aliphatic rings. The number of likely N-dealkylation sites (tertiary alicyclic amines) is 1. The zero-order chi connectivity index (χ0) is 23.2. The number of aromatic nitrogens is 3. The molecule has 3 aromatic rings. The Morgan fingerprint density at radius 3 is 2.39 bits per heavy atom. The first-order valence-corrected chi connectivity index (χ1v) is 12.0. The fourth-order valence-corrected chi connectivity index (χ4v) is 4.69. The minimum atomic E-state index is -0.809. The molecule has 0 spiro atoms. The lowest BCUT2D eigenvalue weighted by atomic mass is 10.1. The normalized spacial score (nSPS) is 15.4. The first kappa shape index (κ1) is 23.4. The number of carbonyl (C=O) groups excluding carboxylic acids is 1. The van der Waals surface area contributed by atoms with Crippen LogP contribution in [-0.4, -0.2) is 43.9 Å². The molecule has 0 radical (unpaired) electrons. The molecule has 33 heavy (non-hydrogen) atoms. The van der Waals surface area contributed by atoms with E-state index in [9.17, 15) is 13.6 Å². The Balaban J connectivity index is 1.52. The zero-order valence-corrected chi connectivity index (χ0v) is 19.3. The summed E-state index contributed by atoms with van der Waals surface area (Å²) in [5, 5.41) is 11.1. The third-order valence-electron chi connectivity index (χ3n) is 5.65. The smallest absolute Gasteiger partial charge is 0.237 e. The third kappa shape index (κ3) is 5.97. The van der Waals surface area contributed by atoms with E-state index in [4.69, 9.17) is 0 Å². The molecular formula is C24H27F2N5OS. The summed E-state index contributed by atoms with van der Waals surface area (Å²) >= 11 is 1.23. The molecular weight excluding hydrogens is 444 g/mol. The highest BCUT2D eigenvalue weighted by Gasteiger charge is 2.23. The molecule has 1 saturated heterocycles. The van der Waals surface area contributed by atoms with Crippen molar-refractivity contribution in [3.8, 4) is 0 Å². The van der Waals surface area contributed by atoms with E-state index >= 15 is 0 Å². The Kier molecular flexibility index (Phi) is 7.72. The van der Waals surface area contributed by atoms with Gasteiger partial charge >= 0.3 is 0 Å². The number of benzene rings is 2. The van der Waals surface area contributed by atoms with Crippen LogP contribution in [0.4, 0.5) is 14.5 Å². The van der Waals surface area contributed by atoms with Gasteiger partial charge in [0.15, 0.2) is 5.16 Å². The zero-order valence-electron chi connectivity index (χ0n) is 18.5. The predicted octanol–water partition coefficient (Wildman–Crippen LogP) is 4.71. The van der Waals surface area contributed by atoms with Crippen LogP contribution in [0.1, 0.15) is 37.6 Å². The van der Waals surface area contributed by atoms with Gasteiger partial charge in [-0.1, -0.05) is 54.6 Å². The van der Waals surface area contributed by atoms with Crippen molar-refractivity contribution in [1.29, 1.82) is 0 Å². The summed E-state index contributed by atoms with van der Waals surface area (Å²) < 4.78 is 29.9. The highest BCUT2D eigenvalue weighted by molar-refractivity contribution is 8.00. The molecule has 6 nitrogen and oxygen atoms in total. The van der Waals surface area contributed by atoms with Crippen LogP contribution in [0, 0.1) is 11.6 Å². The number of hydrogen-bond acceptors (Lipinski definition) is 5. The largest absolute Gasteiger partial charge is 0.320 e. The van der Waals surface area contributed by atoms with Gasteiger partial charge in [0.1, 0.15) is 23.1 Å². The summed E-state index contributed by atoms with van der Waals surface area (Å²) in [6, 6.07) is 13.5. The molecule has 1 aromatic heterocycles. The van der Waals surface area contributed by atoms with Gasteiger partial charge in [-0.25, -0.2) is 8.78 Å². The molecule has 1 aliphatic heterocycles. The van der Waals surface area contributed by atoms with Gasteiger partial charge in [0.2, 0.25) is 5.91 Å². The van der Waals surface area contributed by atoms with Crippen LogP contribution in [0.15, 0.2) is 53.7 Å². The number of rotatable bonds is 8. The minimum absolute atomic E-state index is 0.438. The molecule has 4 rings (SSSR count). The predicted molar refractivity (Wildman–Crippen MR) is 125 cm³/mol. The van der Waals surface area contributed by atoms with E-state index in [2.05, 4.69) is 20.4 Å². The molecule has 0 aliphatic carbocycles. The molecule has 1 amide bonds. The molecule has 174 valence electrons. The topological polar surface area (TPSA) is 63.1 Å². The van der Waals surface area contributed by atoms with E-state index < -0.39 is 28.5 Å². The summed E-state index contributed by atoms with van der Waals surface area (Å²) in [5.74, 6) is -1.28. The molecule has 1 unspecified atom stereocenters. The standard InChI is InChI=1S/C24H27F2N5OS/c1-17(23(32)27-22-19(25)11-8-12-20(22)26)33-24-29-28-21(16-30-13-6-3-7-14-30)31(24)15-18-9-4-2-5-10-18/h2,4-5,8-12,17H,3,6-7,13-16H2,1H3,(H,27,32). The van der Waals surface area contributed by atoms with Crippen LogP contribution >= 0.6 is 11.8 Å². The van der Waals surface area contributed by atoms with Gasteiger partial charge in [0, 0.05) is 0 Å². The summed E-state index contributed by atoms with van der Waals surface area (Å²) in [6.45, 7) is 5.03. The lowest BCUT2D eigenvalue weighted by molar-refractivity contribution is -0.115. The maximum atomic E-state index is 13.9. The fourth-order valence-electron chi connectivity index (χ4n) is 3.82. The van der Waals surface area contributed by atoms with Crippen LogP contribution in [0.3, 0.4) is 0 Å². The second-order valence-electron chi connectivity index (χ2n) is 8.15. The van der Waals surface area contributed by atoms with Crippen LogP contribution in [-0.2, 0) is 17.9 Å². The number of anilines is 1. The van der Waals surface area contributed by atoms with E-state index in [1.54, 1.807) is 6.92 Å². The monoisotopic (exact) mass is 471 g/mol. The molecule has 1 atom stereocenters. The first-order chi connectivity index (χ1) is 16.0. The van der Waals surface area contributed by atoms with Gasteiger partial charge in [0.25, 0.3) is 0 Å². The minimum Gasteiger partial charge on any atom is -0.320 e.